The van der Waals surface area contributed by atoms with Gasteiger partial charge in [0.1, 0.15) is 0 Å². The molecular formula is C22H36O4. The van der Waals surface area contributed by atoms with Crippen molar-refractivity contribution < 1.29 is 20.1 Å². The summed E-state index contributed by atoms with van der Waals surface area (Å²) in [6.07, 6.45) is 14.1. The number of carbonyl (C=O) groups is 1. The van der Waals surface area contributed by atoms with Gasteiger partial charge in [-0.15, -0.1) is 0 Å². The standard InChI is InChI=1S/C22H36O4/c1-3-4-5-9-17(23)11-12-18-19-13-16(8-6-7-10-21(25)26)14-22(19,2)15-20(18)24/h8,11-12,17-20,23-24H,3-7,9-10,13-15H2,1-2H3,(H,25,26)/b12-11+,16-8-. The molecule has 2 fully saturated rings. The van der Waals surface area contributed by atoms with E-state index in [-0.39, 0.29) is 23.9 Å². The van der Waals surface area contributed by atoms with E-state index in [1.807, 2.05) is 6.08 Å². The number of hydrogen-bond donors (Lipinski definition) is 3. The van der Waals surface area contributed by atoms with Gasteiger partial charge >= 0.3 is 5.97 Å². The van der Waals surface area contributed by atoms with E-state index < -0.39 is 12.1 Å². The normalized spacial score (nSPS) is 33.8. The monoisotopic (exact) mass is 364 g/mol. The molecule has 2 saturated carbocycles. The molecule has 0 radical (unpaired) electrons. The van der Waals surface area contributed by atoms with Crippen molar-refractivity contribution in [3.05, 3.63) is 23.8 Å². The van der Waals surface area contributed by atoms with Gasteiger partial charge in [-0.05, 0) is 49.9 Å². The lowest BCUT2D eigenvalue weighted by Crippen LogP contribution is -2.19. The summed E-state index contributed by atoms with van der Waals surface area (Å²) in [4.78, 5) is 10.6. The molecular weight excluding hydrogens is 328 g/mol. The van der Waals surface area contributed by atoms with E-state index in [9.17, 15) is 15.0 Å². The second-order valence-corrected chi connectivity index (χ2v) is 8.59. The number of carboxylic acid groups (broad SMARTS) is 1. The molecule has 0 aromatic carbocycles. The first kappa shape index (κ1) is 21.2. The summed E-state index contributed by atoms with van der Waals surface area (Å²) in [5, 5.41) is 29.4. The van der Waals surface area contributed by atoms with Crippen LogP contribution in [0.4, 0.5) is 0 Å². The lowest BCUT2D eigenvalue weighted by molar-refractivity contribution is -0.137. The highest BCUT2D eigenvalue weighted by atomic mass is 16.4. The van der Waals surface area contributed by atoms with Crippen LogP contribution in [0.2, 0.25) is 0 Å². The number of allylic oxidation sites excluding steroid dienone is 2. The van der Waals surface area contributed by atoms with Gasteiger partial charge in [0.25, 0.3) is 0 Å². The fourth-order valence-electron chi connectivity index (χ4n) is 4.89. The average molecular weight is 365 g/mol. The van der Waals surface area contributed by atoms with Gasteiger partial charge in [0, 0.05) is 12.3 Å². The van der Waals surface area contributed by atoms with Crippen LogP contribution in [0.5, 0.6) is 0 Å². The number of fused-ring (bicyclic) bond motifs is 1. The molecule has 148 valence electrons. The van der Waals surface area contributed by atoms with Gasteiger partial charge in [-0.1, -0.05) is 56.9 Å². The van der Waals surface area contributed by atoms with Crippen molar-refractivity contribution in [3.63, 3.8) is 0 Å². The Morgan fingerprint density at radius 2 is 2.12 bits per heavy atom. The third kappa shape index (κ3) is 5.68. The lowest BCUT2D eigenvalue weighted by atomic mass is 9.80. The maximum atomic E-state index is 10.6. The molecule has 3 N–H and O–H groups in total. The van der Waals surface area contributed by atoms with Crippen LogP contribution in [0.3, 0.4) is 0 Å². The molecule has 0 amide bonds. The fourth-order valence-corrected chi connectivity index (χ4v) is 4.89. The Kier molecular flexibility index (Phi) is 7.90. The molecule has 0 bridgehead atoms. The lowest BCUT2D eigenvalue weighted by Gasteiger charge is -2.24. The molecule has 2 aliphatic carbocycles. The highest BCUT2D eigenvalue weighted by Gasteiger charge is 2.52. The zero-order valence-corrected chi connectivity index (χ0v) is 16.4. The molecule has 5 atom stereocenters. The molecule has 0 heterocycles. The number of aliphatic carboxylic acids is 1. The predicted octanol–water partition coefficient (Wildman–Crippen LogP) is 4.46. The number of hydrogen-bond acceptors (Lipinski definition) is 3. The Hall–Kier alpha value is -1.13. The van der Waals surface area contributed by atoms with E-state index in [2.05, 4.69) is 26.0 Å². The summed E-state index contributed by atoms with van der Waals surface area (Å²) in [7, 11) is 0. The molecule has 4 nitrogen and oxygen atoms in total. The predicted molar refractivity (Wildman–Crippen MR) is 104 cm³/mol. The first-order valence-corrected chi connectivity index (χ1v) is 10.3. The highest BCUT2D eigenvalue weighted by Crippen LogP contribution is 2.58. The summed E-state index contributed by atoms with van der Waals surface area (Å²) in [6, 6.07) is 0. The Labute approximate surface area is 158 Å². The highest BCUT2D eigenvalue weighted by molar-refractivity contribution is 5.66. The summed E-state index contributed by atoms with van der Waals surface area (Å²) < 4.78 is 0. The van der Waals surface area contributed by atoms with Crippen LogP contribution in [0, 0.1) is 17.3 Å². The number of rotatable bonds is 10. The number of carboxylic acids is 1. The molecule has 0 saturated heterocycles. The Morgan fingerprint density at radius 3 is 2.81 bits per heavy atom. The van der Waals surface area contributed by atoms with E-state index in [4.69, 9.17) is 5.11 Å². The fraction of sp³-hybridized carbons (Fsp3) is 0.773. The van der Waals surface area contributed by atoms with Gasteiger partial charge in [-0.3, -0.25) is 4.79 Å². The minimum atomic E-state index is -0.732. The second kappa shape index (κ2) is 9.70. The zero-order chi connectivity index (χ0) is 19.2. The van der Waals surface area contributed by atoms with Crippen LogP contribution in [-0.2, 0) is 4.79 Å². The van der Waals surface area contributed by atoms with Crippen LogP contribution in [0.15, 0.2) is 23.8 Å². The zero-order valence-electron chi connectivity index (χ0n) is 16.4. The van der Waals surface area contributed by atoms with E-state index in [0.29, 0.717) is 12.3 Å². The van der Waals surface area contributed by atoms with E-state index >= 15 is 0 Å². The Morgan fingerprint density at radius 1 is 1.35 bits per heavy atom. The molecule has 26 heavy (non-hydrogen) atoms. The summed E-state index contributed by atoms with van der Waals surface area (Å²) in [6.45, 7) is 4.43. The van der Waals surface area contributed by atoms with Crippen LogP contribution in [0.1, 0.15) is 78.1 Å². The SMILES string of the molecule is CCCCCC(O)/C=C/C1C(O)CC2(C)C/C(=C\CCCC(=O)O)CC12. The van der Waals surface area contributed by atoms with Gasteiger partial charge < -0.3 is 15.3 Å². The Balaban J connectivity index is 1.91. The first-order valence-electron chi connectivity index (χ1n) is 10.3. The summed E-state index contributed by atoms with van der Waals surface area (Å²) >= 11 is 0. The summed E-state index contributed by atoms with van der Waals surface area (Å²) in [5.41, 5.74) is 1.54. The van der Waals surface area contributed by atoms with Crippen LogP contribution >= 0.6 is 0 Å². The van der Waals surface area contributed by atoms with Crippen molar-refractivity contribution in [3.8, 4) is 0 Å². The average Bonchev–Trinajstić information content (AvgIpc) is 2.99. The number of aliphatic hydroxyl groups is 2. The van der Waals surface area contributed by atoms with Crippen molar-refractivity contribution in [1.29, 1.82) is 0 Å². The minimum absolute atomic E-state index is 0.116. The third-order valence-corrected chi connectivity index (χ3v) is 6.28. The first-order chi connectivity index (χ1) is 12.4. The molecule has 2 rings (SSSR count). The molecule has 0 spiro atoms. The third-order valence-electron chi connectivity index (χ3n) is 6.28. The van der Waals surface area contributed by atoms with Gasteiger partial charge in [0.2, 0.25) is 0 Å². The minimum Gasteiger partial charge on any atom is -0.481 e. The maximum absolute atomic E-state index is 10.6. The molecule has 0 aromatic heterocycles. The van der Waals surface area contributed by atoms with Crippen molar-refractivity contribution in [2.45, 2.75) is 90.3 Å². The number of aliphatic hydroxyl groups excluding tert-OH is 2. The van der Waals surface area contributed by atoms with Crippen LogP contribution in [-0.4, -0.2) is 33.5 Å². The molecule has 5 unspecified atom stereocenters. The van der Waals surface area contributed by atoms with Gasteiger partial charge in [-0.25, -0.2) is 0 Å². The molecule has 4 heteroatoms. The van der Waals surface area contributed by atoms with Gasteiger partial charge in [0.15, 0.2) is 0 Å². The van der Waals surface area contributed by atoms with E-state index in [1.54, 1.807) is 0 Å². The van der Waals surface area contributed by atoms with Gasteiger partial charge in [-0.2, -0.15) is 0 Å². The largest absolute Gasteiger partial charge is 0.481 e. The van der Waals surface area contributed by atoms with E-state index in [0.717, 1.165) is 51.4 Å². The second-order valence-electron chi connectivity index (χ2n) is 8.59. The van der Waals surface area contributed by atoms with Crippen molar-refractivity contribution in [2.75, 3.05) is 0 Å². The van der Waals surface area contributed by atoms with E-state index in [1.165, 1.54) is 5.57 Å². The quantitative estimate of drug-likeness (QED) is 0.395. The van der Waals surface area contributed by atoms with Crippen molar-refractivity contribution >= 4 is 5.97 Å². The summed E-state index contributed by atoms with van der Waals surface area (Å²) in [5.74, 6) is -0.197. The molecule has 0 aromatic rings. The van der Waals surface area contributed by atoms with Crippen molar-refractivity contribution in [2.24, 2.45) is 17.3 Å². The van der Waals surface area contributed by atoms with Gasteiger partial charge in [0.05, 0.1) is 12.2 Å². The van der Waals surface area contributed by atoms with Crippen molar-refractivity contribution in [1.82, 2.24) is 0 Å². The smallest absolute Gasteiger partial charge is 0.303 e. The topological polar surface area (TPSA) is 77.8 Å². The molecule has 0 aliphatic heterocycles. The molecule has 2 aliphatic rings. The maximum Gasteiger partial charge on any atom is 0.303 e. The van der Waals surface area contributed by atoms with Crippen LogP contribution in [0.25, 0.3) is 0 Å². The van der Waals surface area contributed by atoms with Crippen LogP contribution < -0.4 is 0 Å². The Bertz CT molecular complexity index is 524. The number of unbranched alkanes of at least 4 members (excludes halogenated alkanes) is 3.